The van der Waals surface area contributed by atoms with Gasteiger partial charge in [0.25, 0.3) is 0 Å². The Hall–Kier alpha value is -3.09. The van der Waals surface area contributed by atoms with Crippen LogP contribution in [0.5, 0.6) is 5.75 Å². The fourth-order valence-corrected chi connectivity index (χ4v) is 2.68. The van der Waals surface area contributed by atoms with Crippen LogP contribution in [0.25, 0.3) is 0 Å². The lowest BCUT2D eigenvalue weighted by Crippen LogP contribution is -2.33. The Balaban J connectivity index is 1.86. The van der Waals surface area contributed by atoms with Crippen LogP contribution in [0.2, 0.25) is 0 Å². The fraction of sp³-hybridized carbons (Fsp3) is 0.278. The van der Waals surface area contributed by atoms with Crippen molar-refractivity contribution < 1.29 is 9.53 Å². The second kappa shape index (κ2) is 7.21. The molecule has 1 N–H and O–H groups in total. The Morgan fingerprint density at radius 2 is 2.24 bits per heavy atom. The largest absolute Gasteiger partial charge is 0.497 e. The minimum atomic E-state index is -0.376. The van der Waals surface area contributed by atoms with Crippen molar-refractivity contribution in [3.05, 3.63) is 66.0 Å². The summed E-state index contributed by atoms with van der Waals surface area (Å²) in [5.41, 5.74) is 1.92. The summed E-state index contributed by atoms with van der Waals surface area (Å²) in [6.45, 7) is 2.09. The second-order valence-corrected chi connectivity index (χ2v) is 5.89. The summed E-state index contributed by atoms with van der Waals surface area (Å²) in [5.74, 6) is 1.34. The maximum atomic E-state index is 12.5. The van der Waals surface area contributed by atoms with E-state index in [-0.39, 0.29) is 18.5 Å². The summed E-state index contributed by atoms with van der Waals surface area (Å²) in [5, 5.41) is 7.21. The molecule has 0 fully saturated rings. The SMILES string of the molecule is COc1cccc(C(NC(=O)Cn2cc(C)cn2)c2nccn2C)c1. The number of aromatic nitrogens is 4. The number of hydrogen-bond acceptors (Lipinski definition) is 4. The molecule has 0 bridgehead atoms. The molecule has 1 aromatic carbocycles. The number of imidazole rings is 1. The van der Waals surface area contributed by atoms with Crippen molar-refractivity contribution in [1.29, 1.82) is 0 Å². The standard InChI is InChI=1S/C18H21N5O2/c1-13-10-20-23(11-13)12-16(24)21-17(18-19-7-8-22(18)2)14-5-4-6-15(9-14)25-3/h4-11,17H,12H2,1-3H3,(H,21,24). The van der Waals surface area contributed by atoms with E-state index in [9.17, 15) is 4.79 Å². The number of aryl methyl sites for hydroxylation is 2. The summed E-state index contributed by atoms with van der Waals surface area (Å²) in [7, 11) is 3.52. The van der Waals surface area contributed by atoms with Gasteiger partial charge in [-0.25, -0.2) is 4.98 Å². The number of hydrogen-bond donors (Lipinski definition) is 1. The van der Waals surface area contributed by atoms with E-state index in [0.717, 1.165) is 22.7 Å². The summed E-state index contributed by atoms with van der Waals surface area (Å²) < 4.78 is 8.81. The minimum absolute atomic E-state index is 0.140. The molecule has 25 heavy (non-hydrogen) atoms. The lowest BCUT2D eigenvalue weighted by molar-refractivity contribution is -0.122. The van der Waals surface area contributed by atoms with Gasteiger partial charge in [0.15, 0.2) is 0 Å². The van der Waals surface area contributed by atoms with Crippen molar-refractivity contribution in [2.24, 2.45) is 7.05 Å². The third kappa shape index (κ3) is 3.88. The number of benzene rings is 1. The van der Waals surface area contributed by atoms with Crippen molar-refractivity contribution >= 4 is 5.91 Å². The van der Waals surface area contributed by atoms with E-state index in [1.807, 2.05) is 55.2 Å². The van der Waals surface area contributed by atoms with E-state index in [1.54, 1.807) is 24.2 Å². The maximum Gasteiger partial charge on any atom is 0.242 e. The first-order valence-corrected chi connectivity index (χ1v) is 7.96. The van der Waals surface area contributed by atoms with E-state index in [0.29, 0.717) is 0 Å². The van der Waals surface area contributed by atoms with Crippen LogP contribution < -0.4 is 10.1 Å². The molecule has 0 spiro atoms. The lowest BCUT2D eigenvalue weighted by Gasteiger charge is -2.19. The summed E-state index contributed by atoms with van der Waals surface area (Å²) in [6.07, 6.45) is 7.13. The maximum absolute atomic E-state index is 12.5. The lowest BCUT2D eigenvalue weighted by atomic mass is 10.1. The van der Waals surface area contributed by atoms with Gasteiger partial charge in [-0.3, -0.25) is 9.48 Å². The summed E-state index contributed by atoms with van der Waals surface area (Å²) >= 11 is 0. The van der Waals surface area contributed by atoms with Gasteiger partial charge in [-0.1, -0.05) is 12.1 Å². The first-order valence-electron chi connectivity index (χ1n) is 7.96. The first kappa shape index (κ1) is 16.8. The molecular formula is C18H21N5O2. The molecule has 130 valence electrons. The highest BCUT2D eigenvalue weighted by molar-refractivity contribution is 5.76. The number of amides is 1. The molecule has 1 atom stereocenters. The summed E-state index contributed by atoms with van der Waals surface area (Å²) in [4.78, 5) is 16.9. The highest BCUT2D eigenvalue weighted by atomic mass is 16.5. The van der Waals surface area contributed by atoms with Crippen molar-refractivity contribution in [1.82, 2.24) is 24.6 Å². The topological polar surface area (TPSA) is 74.0 Å². The van der Waals surface area contributed by atoms with Crippen LogP contribution in [0, 0.1) is 6.92 Å². The Morgan fingerprint density at radius 3 is 2.88 bits per heavy atom. The van der Waals surface area contributed by atoms with Gasteiger partial charge in [-0.2, -0.15) is 5.10 Å². The molecule has 3 aromatic rings. The number of rotatable bonds is 6. The quantitative estimate of drug-likeness (QED) is 0.744. The minimum Gasteiger partial charge on any atom is -0.497 e. The third-order valence-corrected chi connectivity index (χ3v) is 3.92. The molecule has 0 saturated carbocycles. The zero-order valence-electron chi connectivity index (χ0n) is 14.5. The average molecular weight is 339 g/mol. The van der Waals surface area contributed by atoms with Gasteiger partial charge in [0.1, 0.15) is 24.2 Å². The number of nitrogens with one attached hydrogen (secondary N) is 1. The van der Waals surface area contributed by atoms with Crippen LogP contribution in [-0.4, -0.2) is 32.3 Å². The Kier molecular flexibility index (Phi) is 4.83. The van der Waals surface area contributed by atoms with Crippen LogP contribution in [-0.2, 0) is 18.4 Å². The molecule has 0 saturated heterocycles. The number of nitrogens with zero attached hydrogens (tertiary/aromatic N) is 4. The smallest absolute Gasteiger partial charge is 0.242 e. The molecule has 2 aromatic heterocycles. The molecule has 0 aliphatic carbocycles. The summed E-state index contributed by atoms with van der Waals surface area (Å²) in [6, 6.07) is 7.23. The van der Waals surface area contributed by atoms with Crippen molar-refractivity contribution in [2.75, 3.05) is 7.11 Å². The normalized spacial score (nSPS) is 12.0. The predicted octanol–water partition coefficient (Wildman–Crippen LogP) is 1.84. The van der Waals surface area contributed by atoms with E-state index in [4.69, 9.17) is 4.74 Å². The third-order valence-electron chi connectivity index (χ3n) is 3.92. The molecule has 7 nitrogen and oxygen atoms in total. The second-order valence-electron chi connectivity index (χ2n) is 5.89. The molecule has 0 aliphatic rings. The van der Waals surface area contributed by atoms with Gasteiger partial charge in [0.2, 0.25) is 5.91 Å². The number of carbonyl (C=O) groups excluding carboxylic acids is 1. The Bertz CT molecular complexity index is 868. The van der Waals surface area contributed by atoms with Crippen molar-refractivity contribution in [2.45, 2.75) is 19.5 Å². The number of ether oxygens (including phenoxy) is 1. The zero-order valence-corrected chi connectivity index (χ0v) is 14.5. The van der Waals surface area contributed by atoms with Crippen LogP contribution in [0.15, 0.2) is 49.1 Å². The van der Waals surface area contributed by atoms with Crippen LogP contribution in [0.3, 0.4) is 0 Å². The highest BCUT2D eigenvalue weighted by Gasteiger charge is 2.21. The molecule has 7 heteroatoms. The van der Waals surface area contributed by atoms with E-state index < -0.39 is 0 Å². The molecule has 3 rings (SSSR count). The molecule has 0 aliphatic heterocycles. The van der Waals surface area contributed by atoms with Gasteiger partial charge in [0, 0.05) is 25.6 Å². The van der Waals surface area contributed by atoms with Crippen molar-refractivity contribution in [3.63, 3.8) is 0 Å². The Labute approximate surface area is 146 Å². The first-order chi connectivity index (χ1) is 12.1. The Morgan fingerprint density at radius 1 is 1.40 bits per heavy atom. The molecule has 0 radical (unpaired) electrons. The molecule has 1 amide bonds. The van der Waals surface area contributed by atoms with Gasteiger partial charge in [0.05, 0.1) is 13.3 Å². The number of carbonyl (C=O) groups is 1. The number of methoxy groups -OCH3 is 1. The van der Waals surface area contributed by atoms with Gasteiger partial charge >= 0.3 is 0 Å². The highest BCUT2D eigenvalue weighted by Crippen LogP contribution is 2.24. The molecule has 2 heterocycles. The predicted molar refractivity (Wildman–Crippen MR) is 93.2 cm³/mol. The van der Waals surface area contributed by atoms with Crippen LogP contribution in [0.4, 0.5) is 0 Å². The molecular weight excluding hydrogens is 318 g/mol. The van der Waals surface area contributed by atoms with Crippen LogP contribution in [0.1, 0.15) is 23.0 Å². The van der Waals surface area contributed by atoms with Gasteiger partial charge in [-0.05, 0) is 30.2 Å². The van der Waals surface area contributed by atoms with Gasteiger partial charge < -0.3 is 14.6 Å². The van der Waals surface area contributed by atoms with E-state index >= 15 is 0 Å². The van der Waals surface area contributed by atoms with E-state index in [1.165, 1.54) is 0 Å². The zero-order chi connectivity index (χ0) is 17.8. The fourth-order valence-electron chi connectivity index (χ4n) is 2.68. The van der Waals surface area contributed by atoms with Crippen LogP contribution >= 0.6 is 0 Å². The molecule has 1 unspecified atom stereocenters. The average Bonchev–Trinajstić information content (AvgIpc) is 3.21. The van der Waals surface area contributed by atoms with Crippen molar-refractivity contribution in [3.8, 4) is 5.75 Å². The monoisotopic (exact) mass is 339 g/mol. The van der Waals surface area contributed by atoms with Gasteiger partial charge in [-0.15, -0.1) is 0 Å². The van der Waals surface area contributed by atoms with E-state index in [2.05, 4.69) is 15.4 Å².